The number of anilines is 1. The molecule has 0 spiro atoms. The predicted molar refractivity (Wildman–Crippen MR) is 79.0 cm³/mol. The van der Waals surface area contributed by atoms with Crippen molar-refractivity contribution in [2.75, 3.05) is 5.73 Å². The van der Waals surface area contributed by atoms with Gasteiger partial charge in [-0.05, 0) is 18.2 Å². The van der Waals surface area contributed by atoms with E-state index < -0.39 is 0 Å². The largest absolute Gasteiger partial charge is 0.398 e. The lowest BCUT2D eigenvalue weighted by Crippen LogP contribution is -1.92. The highest BCUT2D eigenvalue weighted by Gasteiger charge is 2.07. The highest BCUT2D eigenvalue weighted by atomic mass is 32.1. The monoisotopic (exact) mass is 267 g/mol. The number of rotatable bonds is 3. The lowest BCUT2D eigenvalue weighted by Gasteiger charge is -2.00. The first-order valence-electron chi connectivity index (χ1n) is 6.02. The molecule has 0 saturated carbocycles. The second-order valence-electron chi connectivity index (χ2n) is 4.21. The average molecular weight is 267 g/mol. The predicted octanol–water partition coefficient (Wildman–Crippen LogP) is 3.38. The number of hydrogen-bond acceptors (Lipinski definition) is 4. The van der Waals surface area contributed by atoms with Crippen LogP contribution in [0.2, 0.25) is 0 Å². The fraction of sp³-hybridized carbons (Fsp3) is 0.0667. The number of pyridine rings is 1. The average Bonchev–Trinajstić information content (AvgIpc) is 2.89. The van der Waals surface area contributed by atoms with E-state index in [9.17, 15) is 0 Å². The van der Waals surface area contributed by atoms with Gasteiger partial charge in [0.05, 0.1) is 10.7 Å². The van der Waals surface area contributed by atoms with Crippen LogP contribution in [0.1, 0.15) is 10.7 Å². The third-order valence-corrected chi connectivity index (χ3v) is 3.70. The highest BCUT2D eigenvalue weighted by molar-refractivity contribution is 7.10. The third-order valence-electron chi connectivity index (χ3n) is 2.85. The number of benzene rings is 1. The molecule has 3 aromatic rings. The van der Waals surface area contributed by atoms with Gasteiger partial charge in [0.2, 0.25) is 0 Å². The van der Waals surface area contributed by atoms with Crippen molar-refractivity contribution in [3.8, 4) is 11.3 Å². The molecule has 0 aliphatic rings. The standard InChI is InChI=1S/C15H13N3S/c16-13-7-2-1-6-12(13)14-10-19-15(18-14)9-11-5-3-4-8-17-11/h1-8,10H,9,16H2. The number of hydrogen-bond donors (Lipinski definition) is 1. The summed E-state index contributed by atoms with van der Waals surface area (Å²) in [5, 5.41) is 3.10. The number of thiazole rings is 1. The third kappa shape index (κ3) is 2.63. The minimum atomic E-state index is 0.761. The number of nitrogens with zero attached hydrogens (tertiary/aromatic N) is 2. The van der Waals surface area contributed by atoms with Crippen LogP contribution in [0.25, 0.3) is 11.3 Å². The Morgan fingerprint density at radius 2 is 1.89 bits per heavy atom. The maximum atomic E-state index is 5.97. The fourth-order valence-electron chi connectivity index (χ4n) is 1.90. The van der Waals surface area contributed by atoms with Gasteiger partial charge in [0, 0.05) is 34.9 Å². The molecule has 0 aliphatic heterocycles. The van der Waals surface area contributed by atoms with Crippen molar-refractivity contribution in [1.29, 1.82) is 0 Å². The van der Waals surface area contributed by atoms with Crippen molar-refractivity contribution in [1.82, 2.24) is 9.97 Å². The highest BCUT2D eigenvalue weighted by Crippen LogP contribution is 2.27. The van der Waals surface area contributed by atoms with Crippen molar-refractivity contribution < 1.29 is 0 Å². The van der Waals surface area contributed by atoms with Gasteiger partial charge in [-0.15, -0.1) is 11.3 Å². The summed E-state index contributed by atoms with van der Waals surface area (Å²) in [7, 11) is 0. The van der Waals surface area contributed by atoms with Crippen molar-refractivity contribution in [3.05, 3.63) is 64.7 Å². The molecule has 0 atom stereocenters. The molecule has 2 N–H and O–H groups in total. The zero-order chi connectivity index (χ0) is 13.1. The van der Waals surface area contributed by atoms with Gasteiger partial charge in [0.1, 0.15) is 0 Å². The lowest BCUT2D eigenvalue weighted by molar-refractivity contribution is 1.05. The molecule has 0 saturated heterocycles. The summed E-state index contributed by atoms with van der Waals surface area (Å²) >= 11 is 1.64. The summed E-state index contributed by atoms with van der Waals surface area (Å²) in [6, 6.07) is 13.7. The van der Waals surface area contributed by atoms with Crippen LogP contribution in [-0.4, -0.2) is 9.97 Å². The Labute approximate surface area is 115 Å². The lowest BCUT2D eigenvalue weighted by atomic mass is 10.1. The van der Waals surface area contributed by atoms with Crippen LogP contribution in [-0.2, 0) is 6.42 Å². The van der Waals surface area contributed by atoms with Gasteiger partial charge in [0.15, 0.2) is 0 Å². The van der Waals surface area contributed by atoms with Crippen molar-refractivity contribution in [2.45, 2.75) is 6.42 Å². The summed E-state index contributed by atoms with van der Waals surface area (Å²) in [6.45, 7) is 0. The van der Waals surface area contributed by atoms with E-state index in [1.807, 2.05) is 47.8 Å². The van der Waals surface area contributed by atoms with Gasteiger partial charge in [-0.25, -0.2) is 4.98 Å². The van der Waals surface area contributed by atoms with Gasteiger partial charge >= 0.3 is 0 Å². The van der Waals surface area contributed by atoms with Crippen LogP contribution in [0, 0.1) is 0 Å². The maximum absolute atomic E-state index is 5.97. The number of nitrogen functional groups attached to an aromatic ring is 1. The zero-order valence-corrected chi connectivity index (χ0v) is 11.1. The quantitative estimate of drug-likeness (QED) is 0.740. The Morgan fingerprint density at radius 3 is 2.68 bits per heavy atom. The first-order valence-corrected chi connectivity index (χ1v) is 6.90. The van der Waals surface area contributed by atoms with Crippen LogP contribution >= 0.6 is 11.3 Å². The smallest absolute Gasteiger partial charge is 0.0992 e. The Bertz CT molecular complexity index is 677. The molecule has 1 aromatic carbocycles. The molecular formula is C15H13N3S. The van der Waals surface area contributed by atoms with E-state index in [1.54, 1.807) is 17.5 Å². The normalized spacial score (nSPS) is 10.5. The minimum Gasteiger partial charge on any atom is -0.398 e. The van der Waals surface area contributed by atoms with E-state index in [4.69, 9.17) is 5.73 Å². The second-order valence-corrected chi connectivity index (χ2v) is 5.15. The van der Waals surface area contributed by atoms with Crippen LogP contribution < -0.4 is 5.73 Å². The van der Waals surface area contributed by atoms with Gasteiger partial charge in [-0.3, -0.25) is 4.98 Å². The number of aromatic nitrogens is 2. The van der Waals surface area contributed by atoms with Crippen molar-refractivity contribution in [3.63, 3.8) is 0 Å². The van der Waals surface area contributed by atoms with Crippen LogP contribution in [0.15, 0.2) is 54.0 Å². The van der Waals surface area contributed by atoms with Gasteiger partial charge < -0.3 is 5.73 Å². The molecule has 0 fully saturated rings. The molecule has 2 heterocycles. The number of nitrogens with two attached hydrogens (primary N) is 1. The Balaban J connectivity index is 1.86. The molecule has 0 unspecified atom stereocenters. The molecule has 3 rings (SSSR count). The minimum absolute atomic E-state index is 0.761. The number of para-hydroxylation sites is 1. The molecule has 0 amide bonds. The van der Waals surface area contributed by atoms with Crippen molar-refractivity contribution in [2.24, 2.45) is 0 Å². The summed E-state index contributed by atoms with van der Waals surface area (Å²) in [5.41, 5.74) is 9.69. The Morgan fingerprint density at radius 1 is 1.05 bits per heavy atom. The topological polar surface area (TPSA) is 51.8 Å². The summed E-state index contributed by atoms with van der Waals surface area (Å²) in [5.74, 6) is 0. The second kappa shape index (κ2) is 5.20. The molecule has 19 heavy (non-hydrogen) atoms. The molecule has 3 nitrogen and oxygen atoms in total. The van der Waals surface area contributed by atoms with E-state index in [-0.39, 0.29) is 0 Å². The van der Waals surface area contributed by atoms with Gasteiger partial charge in [-0.1, -0.05) is 24.3 Å². The maximum Gasteiger partial charge on any atom is 0.0992 e. The van der Waals surface area contributed by atoms with Crippen LogP contribution in [0.3, 0.4) is 0 Å². The Hall–Kier alpha value is -2.20. The molecule has 0 radical (unpaired) electrons. The van der Waals surface area contributed by atoms with Gasteiger partial charge in [-0.2, -0.15) is 0 Å². The molecule has 4 heteroatoms. The van der Waals surface area contributed by atoms with E-state index in [0.29, 0.717) is 0 Å². The van der Waals surface area contributed by atoms with E-state index in [1.165, 1.54) is 0 Å². The SMILES string of the molecule is Nc1ccccc1-c1csc(Cc2ccccn2)n1. The molecule has 0 aliphatic carbocycles. The summed E-state index contributed by atoms with van der Waals surface area (Å²) in [6.07, 6.45) is 2.57. The van der Waals surface area contributed by atoms with Gasteiger partial charge in [0.25, 0.3) is 0 Å². The molecule has 94 valence electrons. The van der Waals surface area contributed by atoms with E-state index in [0.717, 1.165) is 34.1 Å². The van der Waals surface area contributed by atoms with E-state index >= 15 is 0 Å². The first-order chi connectivity index (χ1) is 9.33. The van der Waals surface area contributed by atoms with Crippen LogP contribution in [0.5, 0.6) is 0 Å². The zero-order valence-electron chi connectivity index (χ0n) is 10.3. The van der Waals surface area contributed by atoms with Crippen LogP contribution in [0.4, 0.5) is 5.69 Å². The summed E-state index contributed by atoms with van der Waals surface area (Å²) < 4.78 is 0. The first kappa shape index (κ1) is 11.9. The van der Waals surface area contributed by atoms with E-state index in [2.05, 4.69) is 9.97 Å². The molecular weight excluding hydrogens is 254 g/mol. The Kier molecular flexibility index (Phi) is 3.25. The summed E-state index contributed by atoms with van der Waals surface area (Å²) in [4.78, 5) is 8.95. The van der Waals surface area contributed by atoms with Crippen molar-refractivity contribution >= 4 is 17.0 Å². The molecule has 2 aromatic heterocycles. The molecule has 0 bridgehead atoms. The fourth-order valence-corrected chi connectivity index (χ4v) is 2.71.